The van der Waals surface area contributed by atoms with Gasteiger partial charge in [-0.15, -0.1) is 0 Å². The molecule has 0 aliphatic carbocycles. The maximum atomic E-state index is 13.0. The van der Waals surface area contributed by atoms with E-state index in [1.54, 1.807) is 12.1 Å². The van der Waals surface area contributed by atoms with Gasteiger partial charge in [-0.05, 0) is 49.2 Å². The van der Waals surface area contributed by atoms with Gasteiger partial charge < -0.3 is 14.6 Å². The number of nitrogens with one attached hydrogen (secondary N) is 1. The third-order valence-electron chi connectivity index (χ3n) is 4.03. The average molecular weight is 313 g/mol. The summed E-state index contributed by atoms with van der Waals surface area (Å²) in [4.78, 5) is 4.48. The molecule has 1 aliphatic rings. The molecule has 0 atom stereocenters. The van der Waals surface area contributed by atoms with Crippen LogP contribution in [0.15, 0.2) is 40.9 Å². The zero-order valence-electron chi connectivity index (χ0n) is 12.5. The Bertz CT molecular complexity index is 810. The van der Waals surface area contributed by atoms with E-state index in [-0.39, 0.29) is 5.82 Å². The molecule has 0 saturated carbocycles. The van der Waals surface area contributed by atoms with Crippen molar-refractivity contribution in [1.29, 1.82) is 0 Å². The minimum absolute atomic E-state index is 0.275. The lowest BCUT2D eigenvalue weighted by Crippen LogP contribution is -2.28. The van der Waals surface area contributed by atoms with Gasteiger partial charge in [0.2, 0.25) is 0 Å². The van der Waals surface area contributed by atoms with Crippen LogP contribution in [-0.4, -0.2) is 29.4 Å². The summed E-state index contributed by atoms with van der Waals surface area (Å²) in [6.07, 6.45) is 1.94. The second kappa shape index (κ2) is 5.96. The van der Waals surface area contributed by atoms with Gasteiger partial charge in [-0.2, -0.15) is 4.98 Å². The maximum Gasteiger partial charge on any atom is 0.260 e. The summed E-state index contributed by atoms with van der Waals surface area (Å²) < 4.78 is 23.7. The number of benzene rings is 1. The van der Waals surface area contributed by atoms with Crippen molar-refractivity contribution < 1.29 is 13.7 Å². The normalized spacial score (nSPS) is 15.9. The number of ether oxygens (including phenoxy) is 1. The van der Waals surface area contributed by atoms with Gasteiger partial charge in [0.1, 0.15) is 17.3 Å². The minimum atomic E-state index is -0.275. The molecule has 1 aromatic carbocycles. The van der Waals surface area contributed by atoms with Crippen LogP contribution < -0.4 is 5.32 Å². The van der Waals surface area contributed by atoms with Crippen LogP contribution >= 0.6 is 0 Å². The Hall–Kier alpha value is -2.47. The molecule has 0 spiro atoms. The van der Waals surface area contributed by atoms with Crippen LogP contribution in [0.5, 0.6) is 0 Å². The molecule has 23 heavy (non-hydrogen) atoms. The quantitative estimate of drug-likeness (QED) is 0.800. The van der Waals surface area contributed by atoms with Gasteiger partial charge in [0.05, 0.1) is 5.39 Å². The fourth-order valence-corrected chi connectivity index (χ4v) is 2.78. The Kier molecular flexibility index (Phi) is 3.67. The fraction of sp³-hybridized carbons (Fsp3) is 0.294. The Morgan fingerprint density at radius 1 is 1.04 bits per heavy atom. The molecule has 0 amide bonds. The van der Waals surface area contributed by atoms with Crippen LogP contribution in [0.3, 0.4) is 0 Å². The van der Waals surface area contributed by atoms with Gasteiger partial charge in [0, 0.05) is 24.8 Å². The lowest BCUT2D eigenvalue weighted by molar-refractivity contribution is 0.0904. The number of hydrogen-bond acceptors (Lipinski definition) is 5. The fourth-order valence-electron chi connectivity index (χ4n) is 2.78. The standard InChI is InChI=1S/C17H16FN3O2/c18-12-3-1-11(2-4-12)16-14-5-6-15(20-17(14)23-21-16)19-13-7-9-22-10-8-13/h1-6,13H,7-10H2,(H,19,20). The van der Waals surface area contributed by atoms with E-state index in [0.29, 0.717) is 17.4 Å². The summed E-state index contributed by atoms with van der Waals surface area (Å²) in [5.74, 6) is 0.494. The van der Waals surface area contributed by atoms with Crippen molar-refractivity contribution in [3.63, 3.8) is 0 Å². The van der Waals surface area contributed by atoms with E-state index in [1.807, 2.05) is 12.1 Å². The lowest BCUT2D eigenvalue weighted by atomic mass is 10.1. The first kappa shape index (κ1) is 14.1. The Balaban J connectivity index is 1.62. The van der Waals surface area contributed by atoms with Crippen molar-refractivity contribution in [2.75, 3.05) is 18.5 Å². The van der Waals surface area contributed by atoms with Crippen LogP contribution in [0, 0.1) is 5.82 Å². The maximum absolute atomic E-state index is 13.0. The molecule has 0 unspecified atom stereocenters. The molecule has 4 rings (SSSR count). The number of pyridine rings is 1. The van der Waals surface area contributed by atoms with Crippen LogP contribution in [0.2, 0.25) is 0 Å². The van der Waals surface area contributed by atoms with Crippen molar-refractivity contribution in [2.24, 2.45) is 0 Å². The van der Waals surface area contributed by atoms with Crippen LogP contribution in [0.1, 0.15) is 12.8 Å². The molecule has 5 nitrogen and oxygen atoms in total. The first-order valence-electron chi connectivity index (χ1n) is 7.66. The van der Waals surface area contributed by atoms with E-state index in [0.717, 1.165) is 42.8 Å². The number of fused-ring (bicyclic) bond motifs is 1. The van der Waals surface area contributed by atoms with Crippen molar-refractivity contribution in [1.82, 2.24) is 10.1 Å². The highest BCUT2D eigenvalue weighted by Crippen LogP contribution is 2.28. The van der Waals surface area contributed by atoms with Crippen LogP contribution in [0.25, 0.3) is 22.4 Å². The van der Waals surface area contributed by atoms with Gasteiger partial charge in [-0.1, -0.05) is 5.16 Å². The average Bonchev–Trinajstić information content (AvgIpc) is 3.00. The second-order valence-electron chi connectivity index (χ2n) is 5.62. The molecule has 0 radical (unpaired) electrons. The number of aromatic nitrogens is 2. The number of nitrogens with zero attached hydrogens (tertiary/aromatic N) is 2. The van der Waals surface area contributed by atoms with Gasteiger partial charge >= 0.3 is 0 Å². The zero-order valence-corrected chi connectivity index (χ0v) is 12.5. The topological polar surface area (TPSA) is 60.2 Å². The van der Waals surface area contributed by atoms with Crippen molar-refractivity contribution >= 4 is 16.9 Å². The Labute approximate surface area is 132 Å². The monoisotopic (exact) mass is 313 g/mol. The number of halogens is 1. The van der Waals surface area contributed by atoms with E-state index in [4.69, 9.17) is 9.26 Å². The lowest BCUT2D eigenvalue weighted by Gasteiger charge is -2.23. The SMILES string of the molecule is Fc1ccc(-c2noc3nc(NC4CCOCC4)ccc23)cc1. The number of hydrogen-bond donors (Lipinski definition) is 1. The number of anilines is 1. The smallest absolute Gasteiger partial charge is 0.260 e. The third kappa shape index (κ3) is 2.90. The Morgan fingerprint density at radius 2 is 1.83 bits per heavy atom. The highest BCUT2D eigenvalue weighted by Gasteiger charge is 2.16. The highest BCUT2D eigenvalue weighted by atomic mass is 19.1. The van der Waals surface area contributed by atoms with E-state index < -0.39 is 0 Å². The summed E-state index contributed by atoms with van der Waals surface area (Å²) in [5, 5.41) is 8.29. The van der Waals surface area contributed by atoms with Gasteiger partial charge in [-0.25, -0.2) is 4.39 Å². The third-order valence-corrected chi connectivity index (χ3v) is 4.03. The summed E-state index contributed by atoms with van der Waals surface area (Å²) in [5.41, 5.74) is 1.95. The second-order valence-corrected chi connectivity index (χ2v) is 5.62. The van der Waals surface area contributed by atoms with E-state index in [2.05, 4.69) is 15.5 Å². The van der Waals surface area contributed by atoms with Crippen LogP contribution in [-0.2, 0) is 4.74 Å². The molecule has 1 fully saturated rings. The van der Waals surface area contributed by atoms with Gasteiger partial charge in [0.25, 0.3) is 5.71 Å². The van der Waals surface area contributed by atoms with Crippen molar-refractivity contribution in [2.45, 2.75) is 18.9 Å². The first-order valence-corrected chi connectivity index (χ1v) is 7.66. The number of rotatable bonds is 3. The Morgan fingerprint density at radius 3 is 2.61 bits per heavy atom. The van der Waals surface area contributed by atoms with Crippen molar-refractivity contribution in [3.8, 4) is 11.3 Å². The molecule has 6 heteroatoms. The zero-order chi connectivity index (χ0) is 15.6. The molecule has 3 heterocycles. The van der Waals surface area contributed by atoms with Gasteiger partial charge in [0.15, 0.2) is 0 Å². The first-order chi connectivity index (χ1) is 11.3. The largest absolute Gasteiger partial charge is 0.381 e. The van der Waals surface area contributed by atoms with E-state index in [1.165, 1.54) is 12.1 Å². The summed E-state index contributed by atoms with van der Waals surface area (Å²) in [6.45, 7) is 1.55. The predicted octanol–water partition coefficient (Wildman–Crippen LogP) is 3.62. The molecule has 1 N–H and O–H groups in total. The molecular weight excluding hydrogens is 297 g/mol. The van der Waals surface area contributed by atoms with E-state index in [9.17, 15) is 4.39 Å². The molecule has 118 valence electrons. The molecule has 3 aromatic rings. The van der Waals surface area contributed by atoms with Gasteiger partial charge in [-0.3, -0.25) is 0 Å². The predicted molar refractivity (Wildman–Crippen MR) is 84.7 cm³/mol. The summed E-state index contributed by atoms with van der Waals surface area (Å²) in [6, 6.07) is 10.4. The van der Waals surface area contributed by atoms with Crippen molar-refractivity contribution in [3.05, 3.63) is 42.2 Å². The summed E-state index contributed by atoms with van der Waals surface area (Å²) >= 11 is 0. The minimum Gasteiger partial charge on any atom is -0.381 e. The molecular formula is C17H16FN3O2. The molecule has 1 aliphatic heterocycles. The molecule has 0 bridgehead atoms. The van der Waals surface area contributed by atoms with Crippen LogP contribution in [0.4, 0.5) is 10.2 Å². The molecule has 1 saturated heterocycles. The summed E-state index contributed by atoms with van der Waals surface area (Å²) in [7, 11) is 0. The van der Waals surface area contributed by atoms with E-state index >= 15 is 0 Å². The molecule has 2 aromatic heterocycles. The highest BCUT2D eigenvalue weighted by molar-refractivity contribution is 5.90.